The van der Waals surface area contributed by atoms with E-state index in [2.05, 4.69) is 20.6 Å². The van der Waals surface area contributed by atoms with Gasteiger partial charge >= 0.3 is 6.18 Å². The minimum atomic E-state index is -4.47. The molecule has 0 radical (unpaired) electrons. The molecule has 4 saturated carbocycles. The monoisotopic (exact) mass is 403 g/mol. The van der Waals surface area contributed by atoms with Crippen molar-refractivity contribution in [2.24, 2.45) is 17.8 Å². The van der Waals surface area contributed by atoms with Crippen LogP contribution in [0.2, 0.25) is 0 Å². The molecule has 1 aromatic carbocycles. The zero-order chi connectivity index (χ0) is 20.2. The first-order valence-electron chi connectivity index (χ1n) is 10.1. The fourth-order valence-electron chi connectivity index (χ4n) is 6.08. The number of rotatable bonds is 4. The second kappa shape index (κ2) is 6.50. The van der Waals surface area contributed by atoms with Crippen LogP contribution >= 0.6 is 0 Å². The van der Waals surface area contributed by atoms with E-state index in [9.17, 15) is 13.2 Å². The average Bonchev–Trinajstić information content (AvgIpc) is 2.63. The van der Waals surface area contributed by atoms with E-state index in [1.54, 1.807) is 6.07 Å². The van der Waals surface area contributed by atoms with Crippen molar-refractivity contribution in [3.8, 4) is 0 Å². The summed E-state index contributed by atoms with van der Waals surface area (Å²) in [5, 5.41) is 6.35. The summed E-state index contributed by atoms with van der Waals surface area (Å²) >= 11 is 0. The Balaban J connectivity index is 1.42. The van der Waals surface area contributed by atoms with Crippen molar-refractivity contribution in [3.63, 3.8) is 0 Å². The molecule has 5 nitrogen and oxygen atoms in total. The molecule has 29 heavy (non-hydrogen) atoms. The number of nitrogens with two attached hydrogens (primary N) is 1. The lowest BCUT2D eigenvalue weighted by Crippen LogP contribution is -2.55. The van der Waals surface area contributed by atoms with Gasteiger partial charge < -0.3 is 16.4 Å². The number of aromatic nitrogens is 2. The molecule has 1 heterocycles. The lowest BCUT2D eigenvalue weighted by atomic mass is 9.53. The van der Waals surface area contributed by atoms with Crippen molar-refractivity contribution in [2.45, 2.75) is 50.2 Å². The summed E-state index contributed by atoms with van der Waals surface area (Å²) in [5.41, 5.74) is 5.70. The first-order valence-corrected chi connectivity index (χ1v) is 10.1. The number of alkyl halides is 3. The summed E-state index contributed by atoms with van der Waals surface area (Å²) in [7, 11) is 0. The summed E-state index contributed by atoms with van der Waals surface area (Å²) in [6.45, 7) is 0. The molecule has 154 valence electrons. The van der Waals surface area contributed by atoms with Gasteiger partial charge in [-0.2, -0.15) is 13.2 Å². The zero-order valence-corrected chi connectivity index (χ0v) is 16.0. The Kier molecular flexibility index (Phi) is 4.15. The fraction of sp³-hybridized carbons (Fsp3) is 0.524. The molecule has 0 unspecified atom stereocenters. The van der Waals surface area contributed by atoms with Gasteiger partial charge in [-0.25, -0.2) is 9.97 Å². The van der Waals surface area contributed by atoms with E-state index in [1.165, 1.54) is 37.7 Å². The topological polar surface area (TPSA) is 75.9 Å². The van der Waals surface area contributed by atoms with E-state index in [1.807, 2.05) is 0 Å². The lowest BCUT2D eigenvalue weighted by molar-refractivity contribution is -0.136. The van der Waals surface area contributed by atoms with Gasteiger partial charge in [0.1, 0.15) is 12.0 Å². The molecular formula is C21H24F3N5. The van der Waals surface area contributed by atoms with Crippen molar-refractivity contribution in [2.75, 3.05) is 16.4 Å². The van der Waals surface area contributed by atoms with Crippen LogP contribution < -0.4 is 16.4 Å². The molecule has 0 atom stereocenters. The second-order valence-corrected chi connectivity index (χ2v) is 8.98. The molecular weight excluding hydrogens is 379 g/mol. The van der Waals surface area contributed by atoms with Gasteiger partial charge in [0.25, 0.3) is 0 Å². The molecule has 0 amide bonds. The van der Waals surface area contributed by atoms with Crippen LogP contribution in [0.5, 0.6) is 0 Å². The smallest absolute Gasteiger partial charge is 0.393 e. The molecule has 4 aliphatic carbocycles. The van der Waals surface area contributed by atoms with Gasteiger partial charge in [-0.1, -0.05) is 12.1 Å². The van der Waals surface area contributed by atoms with Crippen LogP contribution in [-0.2, 0) is 6.18 Å². The highest BCUT2D eigenvalue weighted by Gasteiger charge is 2.51. The van der Waals surface area contributed by atoms with Gasteiger partial charge in [0.05, 0.1) is 11.3 Å². The number of nitrogen functional groups attached to an aromatic ring is 1. The highest BCUT2D eigenvalue weighted by molar-refractivity contribution is 5.78. The van der Waals surface area contributed by atoms with Crippen molar-refractivity contribution < 1.29 is 13.2 Å². The average molecular weight is 403 g/mol. The Hall–Kier alpha value is -2.51. The third kappa shape index (κ3) is 3.38. The Labute approximate surface area is 167 Å². The Morgan fingerprint density at radius 1 is 0.931 bits per heavy atom. The molecule has 6 rings (SSSR count). The van der Waals surface area contributed by atoms with E-state index in [4.69, 9.17) is 5.73 Å². The Bertz CT molecular complexity index is 891. The van der Waals surface area contributed by atoms with Gasteiger partial charge in [0.15, 0.2) is 11.6 Å². The third-order valence-corrected chi connectivity index (χ3v) is 6.79. The summed E-state index contributed by atoms with van der Waals surface area (Å²) in [5.74, 6) is 2.96. The van der Waals surface area contributed by atoms with Crippen LogP contribution in [-0.4, -0.2) is 15.5 Å². The number of anilines is 4. The number of halogens is 3. The number of para-hydroxylation sites is 1. The maximum atomic E-state index is 13.3. The number of hydrogen-bond donors (Lipinski definition) is 3. The van der Waals surface area contributed by atoms with Crippen LogP contribution in [0.4, 0.5) is 36.2 Å². The van der Waals surface area contributed by atoms with Crippen LogP contribution in [0.3, 0.4) is 0 Å². The molecule has 4 bridgehead atoms. The van der Waals surface area contributed by atoms with E-state index in [0.717, 1.165) is 43.1 Å². The standard InChI is InChI=1S/C21H24F3N5/c22-21(23,24)15-3-1-2-4-16(15)28-18-17(25)19(27-11-26-18)29-20-8-12-5-13(9-20)7-14(6-12)10-20/h1-4,11-14H,5-10,25H2,(H2,26,27,28,29). The van der Waals surface area contributed by atoms with E-state index >= 15 is 0 Å². The second-order valence-electron chi connectivity index (χ2n) is 8.98. The highest BCUT2D eigenvalue weighted by atomic mass is 19.4. The van der Waals surface area contributed by atoms with E-state index in [-0.39, 0.29) is 22.7 Å². The van der Waals surface area contributed by atoms with Gasteiger partial charge in [-0.3, -0.25) is 0 Å². The Morgan fingerprint density at radius 2 is 1.52 bits per heavy atom. The predicted molar refractivity (Wildman–Crippen MR) is 106 cm³/mol. The molecule has 2 aromatic rings. The first-order chi connectivity index (χ1) is 13.8. The van der Waals surface area contributed by atoms with Gasteiger partial charge in [0.2, 0.25) is 0 Å². The van der Waals surface area contributed by atoms with Crippen molar-refractivity contribution >= 4 is 23.0 Å². The normalized spacial score (nSPS) is 30.4. The van der Waals surface area contributed by atoms with Crippen molar-refractivity contribution in [3.05, 3.63) is 36.2 Å². The molecule has 4 aliphatic rings. The molecule has 4 N–H and O–H groups in total. The lowest BCUT2D eigenvalue weighted by Gasteiger charge is -2.57. The molecule has 4 fully saturated rings. The summed E-state index contributed by atoms with van der Waals surface area (Å²) in [6, 6.07) is 5.31. The van der Waals surface area contributed by atoms with Gasteiger partial charge in [-0.05, 0) is 68.4 Å². The molecule has 0 saturated heterocycles. The Morgan fingerprint density at radius 3 is 2.14 bits per heavy atom. The number of nitrogens with zero attached hydrogens (tertiary/aromatic N) is 2. The van der Waals surface area contributed by atoms with E-state index < -0.39 is 11.7 Å². The third-order valence-electron chi connectivity index (χ3n) is 6.79. The quantitative estimate of drug-likeness (QED) is 0.654. The van der Waals surface area contributed by atoms with Crippen molar-refractivity contribution in [1.82, 2.24) is 9.97 Å². The van der Waals surface area contributed by atoms with Crippen LogP contribution in [0.15, 0.2) is 30.6 Å². The molecule has 8 heteroatoms. The number of benzene rings is 1. The maximum absolute atomic E-state index is 13.3. The minimum Gasteiger partial charge on any atom is -0.393 e. The molecule has 0 spiro atoms. The van der Waals surface area contributed by atoms with Crippen LogP contribution in [0.25, 0.3) is 0 Å². The number of nitrogens with one attached hydrogen (secondary N) is 2. The SMILES string of the molecule is Nc1c(Nc2ccccc2C(F)(F)F)ncnc1NC12CC3CC(CC(C3)C1)C2. The molecule has 1 aromatic heterocycles. The van der Waals surface area contributed by atoms with Crippen molar-refractivity contribution in [1.29, 1.82) is 0 Å². The van der Waals surface area contributed by atoms with Crippen LogP contribution in [0, 0.1) is 17.8 Å². The highest BCUT2D eigenvalue weighted by Crippen LogP contribution is 2.56. The van der Waals surface area contributed by atoms with Gasteiger partial charge in [-0.15, -0.1) is 0 Å². The van der Waals surface area contributed by atoms with E-state index in [0.29, 0.717) is 5.82 Å². The fourth-order valence-corrected chi connectivity index (χ4v) is 6.08. The minimum absolute atomic E-state index is 0.00162. The van der Waals surface area contributed by atoms with Gasteiger partial charge in [0, 0.05) is 5.54 Å². The first kappa shape index (κ1) is 18.5. The zero-order valence-electron chi connectivity index (χ0n) is 16.0. The number of hydrogen-bond acceptors (Lipinski definition) is 5. The summed E-state index contributed by atoms with van der Waals surface area (Å²) < 4.78 is 39.9. The van der Waals surface area contributed by atoms with Crippen LogP contribution in [0.1, 0.15) is 44.1 Å². The predicted octanol–water partition coefficient (Wildman–Crippen LogP) is 5.20. The summed E-state index contributed by atoms with van der Waals surface area (Å²) in [6.07, 6.45) is 4.18. The molecule has 0 aliphatic heterocycles. The maximum Gasteiger partial charge on any atom is 0.418 e. The largest absolute Gasteiger partial charge is 0.418 e. The summed E-state index contributed by atoms with van der Waals surface area (Å²) in [4.78, 5) is 8.42.